The van der Waals surface area contributed by atoms with Gasteiger partial charge in [0.2, 0.25) is 0 Å². The Morgan fingerprint density at radius 3 is 2.36 bits per heavy atom. The van der Waals surface area contributed by atoms with Crippen LogP contribution in [-0.2, 0) is 0 Å². The van der Waals surface area contributed by atoms with Crippen molar-refractivity contribution < 1.29 is 0 Å². The highest BCUT2D eigenvalue weighted by Gasteiger charge is 2.15. The lowest BCUT2D eigenvalue weighted by Gasteiger charge is -2.11. The zero-order valence-corrected chi connectivity index (χ0v) is 19.2. The van der Waals surface area contributed by atoms with E-state index in [1.165, 1.54) is 53.8 Å². The van der Waals surface area contributed by atoms with E-state index >= 15 is 0 Å². The van der Waals surface area contributed by atoms with Gasteiger partial charge in [0, 0.05) is 27.4 Å². The summed E-state index contributed by atoms with van der Waals surface area (Å²) in [4.78, 5) is 4.61. The molecule has 0 aliphatic carbocycles. The number of benzene rings is 4. The van der Waals surface area contributed by atoms with Gasteiger partial charge in [-0.25, -0.2) is 4.98 Å². The van der Waals surface area contributed by atoms with Gasteiger partial charge in [-0.3, -0.25) is 0 Å². The molecule has 0 N–H and O–H groups in total. The molecule has 0 spiro atoms. The van der Waals surface area contributed by atoms with Crippen molar-refractivity contribution in [1.29, 1.82) is 0 Å². The molecule has 0 atom stereocenters. The highest BCUT2D eigenvalue weighted by molar-refractivity contribution is 7.36. The first-order valence-electron chi connectivity index (χ1n) is 10.9. The summed E-state index contributed by atoms with van der Waals surface area (Å²) in [5.74, 6) is 0. The predicted molar refractivity (Wildman–Crippen MR) is 143 cm³/mol. The zero-order valence-electron chi connectivity index (χ0n) is 17.6. The average Bonchev–Trinajstić information content (AvgIpc) is 3.57. The third kappa shape index (κ3) is 2.95. The second-order valence-corrected chi connectivity index (χ2v) is 10.1. The van der Waals surface area contributed by atoms with Crippen molar-refractivity contribution in [3.63, 3.8) is 0 Å². The van der Waals surface area contributed by atoms with Gasteiger partial charge in [0.25, 0.3) is 0 Å². The lowest BCUT2D eigenvalue weighted by atomic mass is 10.0. The van der Waals surface area contributed by atoms with Crippen LogP contribution in [-0.4, -0.2) is 9.55 Å². The standard InChI is InChI=1S/C29H18N2S2/c1-2-7-19(8-3-1)20-13-14-24-23-11-4-5-12-26(23)31(27(24)16-20)22-10-6-9-21(15-22)25-17-32-29-28(25)30-18-33-29/h1-18H. The number of hydrogen-bond donors (Lipinski definition) is 0. The molecule has 3 aromatic heterocycles. The van der Waals surface area contributed by atoms with Gasteiger partial charge < -0.3 is 4.57 Å². The van der Waals surface area contributed by atoms with Crippen LogP contribution in [0.25, 0.3) is 59.3 Å². The van der Waals surface area contributed by atoms with Gasteiger partial charge in [-0.2, -0.15) is 0 Å². The van der Waals surface area contributed by atoms with E-state index in [2.05, 4.69) is 112 Å². The second kappa shape index (κ2) is 7.41. The van der Waals surface area contributed by atoms with Crippen molar-refractivity contribution in [3.8, 4) is 27.9 Å². The Morgan fingerprint density at radius 2 is 1.42 bits per heavy atom. The first kappa shape index (κ1) is 18.8. The van der Waals surface area contributed by atoms with Crippen LogP contribution in [0.5, 0.6) is 0 Å². The third-order valence-electron chi connectivity index (χ3n) is 6.27. The molecule has 0 saturated carbocycles. The van der Waals surface area contributed by atoms with Gasteiger partial charge in [0.15, 0.2) is 0 Å². The van der Waals surface area contributed by atoms with E-state index in [1.54, 1.807) is 22.7 Å². The molecule has 2 nitrogen and oxygen atoms in total. The summed E-state index contributed by atoms with van der Waals surface area (Å²) >= 11 is 3.48. The van der Waals surface area contributed by atoms with Crippen LogP contribution in [0.15, 0.2) is 108 Å². The molecular formula is C29H18N2S2. The normalized spacial score (nSPS) is 11.6. The van der Waals surface area contributed by atoms with E-state index in [0.717, 1.165) is 5.52 Å². The minimum Gasteiger partial charge on any atom is -0.309 e. The lowest BCUT2D eigenvalue weighted by Crippen LogP contribution is -1.94. The molecule has 0 aliphatic rings. The molecule has 3 heterocycles. The molecule has 0 unspecified atom stereocenters. The first-order chi connectivity index (χ1) is 16.4. The third-order valence-corrected chi connectivity index (χ3v) is 8.23. The number of thiazole rings is 1. The number of para-hydroxylation sites is 1. The van der Waals surface area contributed by atoms with E-state index in [9.17, 15) is 0 Å². The fraction of sp³-hybridized carbons (Fsp3) is 0. The molecule has 0 amide bonds. The molecule has 4 heteroatoms. The monoisotopic (exact) mass is 458 g/mol. The topological polar surface area (TPSA) is 17.8 Å². The quantitative estimate of drug-likeness (QED) is 0.259. The van der Waals surface area contributed by atoms with Gasteiger partial charge in [0.1, 0.15) is 4.01 Å². The summed E-state index contributed by atoms with van der Waals surface area (Å²) in [5.41, 5.74) is 11.5. The Bertz CT molecular complexity index is 1770. The van der Waals surface area contributed by atoms with Crippen molar-refractivity contribution in [3.05, 3.63) is 108 Å². The van der Waals surface area contributed by atoms with E-state index in [1.807, 2.05) is 5.51 Å². The Hall–Kier alpha value is -3.73. The molecule has 0 bridgehead atoms. The molecule has 7 aromatic rings. The van der Waals surface area contributed by atoms with Crippen molar-refractivity contribution in [2.24, 2.45) is 0 Å². The fourth-order valence-corrected chi connectivity index (χ4v) is 6.51. The van der Waals surface area contributed by atoms with Crippen LogP contribution < -0.4 is 0 Å². The summed E-state index contributed by atoms with van der Waals surface area (Å²) < 4.78 is 3.67. The number of rotatable bonds is 3. The fourth-order valence-electron chi connectivity index (χ4n) is 4.74. The highest BCUT2D eigenvalue weighted by atomic mass is 32.2. The number of hydrogen-bond acceptors (Lipinski definition) is 3. The maximum atomic E-state index is 4.61. The van der Waals surface area contributed by atoms with Crippen LogP contribution in [0.2, 0.25) is 0 Å². The van der Waals surface area contributed by atoms with E-state index < -0.39 is 0 Å². The van der Waals surface area contributed by atoms with Crippen molar-refractivity contribution in [2.75, 3.05) is 0 Å². The number of thiophene rings is 1. The molecule has 33 heavy (non-hydrogen) atoms. The van der Waals surface area contributed by atoms with Gasteiger partial charge in [-0.15, -0.1) is 22.7 Å². The largest absolute Gasteiger partial charge is 0.309 e. The van der Waals surface area contributed by atoms with E-state index in [4.69, 9.17) is 0 Å². The van der Waals surface area contributed by atoms with Gasteiger partial charge >= 0.3 is 0 Å². The summed E-state index contributed by atoms with van der Waals surface area (Å²) in [6.07, 6.45) is 0. The van der Waals surface area contributed by atoms with E-state index in [-0.39, 0.29) is 0 Å². The van der Waals surface area contributed by atoms with Gasteiger partial charge in [0.05, 0.1) is 22.1 Å². The Labute approximate surface area is 199 Å². The van der Waals surface area contributed by atoms with Gasteiger partial charge in [-0.1, -0.05) is 72.8 Å². The smallest absolute Gasteiger partial charge is 0.107 e. The molecule has 0 aliphatic heterocycles. The maximum absolute atomic E-state index is 4.61. The SMILES string of the molecule is c1ccc(-c2ccc3c4ccccc4n(-c4cccc(-c5csc6scnc56)c4)c3c2)cc1. The minimum absolute atomic E-state index is 1.11. The van der Waals surface area contributed by atoms with Crippen LogP contribution in [0.4, 0.5) is 0 Å². The second-order valence-electron chi connectivity index (χ2n) is 8.14. The molecular weight excluding hydrogens is 440 g/mol. The van der Waals surface area contributed by atoms with E-state index in [0.29, 0.717) is 0 Å². The molecule has 0 fully saturated rings. The zero-order chi connectivity index (χ0) is 21.8. The van der Waals surface area contributed by atoms with Gasteiger partial charge in [-0.05, 0) is 41.0 Å². The Balaban J connectivity index is 1.50. The van der Waals surface area contributed by atoms with Crippen LogP contribution in [0.1, 0.15) is 0 Å². The first-order valence-corrected chi connectivity index (χ1v) is 12.6. The van der Waals surface area contributed by atoms with Crippen LogP contribution in [0, 0.1) is 0 Å². The molecule has 0 radical (unpaired) electrons. The summed E-state index contributed by atoms with van der Waals surface area (Å²) in [6.45, 7) is 0. The summed E-state index contributed by atoms with van der Waals surface area (Å²) in [5, 5.41) is 4.77. The maximum Gasteiger partial charge on any atom is 0.107 e. The van der Waals surface area contributed by atoms with Crippen molar-refractivity contribution in [2.45, 2.75) is 0 Å². The average molecular weight is 459 g/mol. The van der Waals surface area contributed by atoms with Crippen molar-refractivity contribution >= 4 is 54.0 Å². The minimum atomic E-state index is 1.11. The Kier molecular flexibility index (Phi) is 4.22. The summed E-state index contributed by atoms with van der Waals surface area (Å²) in [7, 11) is 0. The predicted octanol–water partition coefficient (Wildman–Crippen LogP) is 8.79. The summed E-state index contributed by atoms with van der Waals surface area (Å²) in [6, 6.07) is 34.9. The number of fused-ring (bicyclic) bond motifs is 4. The van der Waals surface area contributed by atoms with Crippen LogP contribution >= 0.6 is 22.7 Å². The van der Waals surface area contributed by atoms with Crippen molar-refractivity contribution in [1.82, 2.24) is 9.55 Å². The lowest BCUT2D eigenvalue weighted by molar-refractivity contribution is 1.18. The Morgan fingerprint density at radius 1 is 0.606 bits per heavy atom. The molecule has 4 aromatic carbocycles. The molecule has 156 valence electrons. The number of aromatic nitrogens is 2. The number of nitrogens with zero attached hydrogens (tertiary/aromatic N) is 2. The van der Waals surface area contributed by atoms with Crippen LogP contribution in [0.3, 0.4) is 0 Å². The highest BCUT2D eigenvalue weighted by Crippen LogP contribution is 2.38. The molecule has 7 rings (SSSR count). The molecule has 0 saturated heterocycles.